The Bertz CT molecular complexity index is 779. The number of carbonyl (C=O) groups is 1. The monoisotopic (exact) mass is 440 g/mol. The summed E-state index contributed by atoms with van der Waals surface area (Å²) in [5, 5.41) is 10.2. The molecular formula is C29H44O3. The molecule has 3 saturated carbocycles. The molecule has 32 heavy (non-hydrogen) atoms. The maximum Gasteiger partial charge on any atom is 0.306 e. The maximum absolute atomic E-state index is 11.7. The zero-order chi connectivity index (χ0) is 22.9. The molecule has 0 aromatic heterocycles. The Morgan fingerprint density at radius 2 is 2.03 bits per heavy atom. The Morgan fingerprint density at radius 1 is 1.22 bits per heavy atom. The Labute approximate surface area is 195 Å². The lowest BCUT2D eigenvalue weighted by atomic mass is 9.47. The number of rotatable bonds is 7. The van der Waals surface area contributed by atoms with Gasteiger partial charge in [-0.15, -0.1) is 0 Å². The highest BCUT2D eigenvalue weighted by Crippen LogP contribution is 2.67. The van der Waals surface area contributed by atoms with E-state index in [9.17, 15) is 9.90 Å². The Hall–Kier alpha value is -1.35. The van der Waals surface area contributed by atoms with Crippen molar-refractivity contribution in [3.8, 4) is 0 Å². The van der Waals surface area contributed by atoms with Crippen molar-refractivity contribution in [3.05, 3.63) is 36.0 Å². The third kappa shape index (κ3) is 4.27. The van der Waals surface area contributed by atoms with Crippen LogP contribution in [0.2, 0.25) is 0 Å². The Balaban J connectivity index is 1.40. The summed E-state index contributed by atoms with van der Waals surface area (Å²) in [4.78, 5) is 11.7. The summed E-state index contributed by atoms with van der Waals surface area (Å²) in [6, 6.07) is 0. The van der Waals surface area contributed by atoms with Crippen LogP contribution in [0.5, 0.6) is 0 Å². The Kier molecular flexibility index (Phi) is 7.05. The number of aliphatic hydroxyl groups is 1. The van der Waals surface area contributed by atoms with Gasteiger partial charge in [0.05, 0.1) is 6.10 Å². The SMILES string of the molecule is C=CCOC(=O)CCCC=C(C)[C@H]1CCC2C3CC=C4C[C@@H](O)CC[C@]4(C)C3CC[C@@]21C. The second kappa shape index (κ2) is 9.49. The number of hydrogen-bond donors (Lipinski definition) is 1. The van der Waals surface area contributed by atoms with Gasteiger partial charge in [0.1, 0.15) is 6.61 Å². The fourth-order valence-corrected chi connectivity index (χ4v) is 8.33. The molecule has 0 aromatic rings. The quantitative estimate of drug-likeness (QED) is 0.270. The van der Waals surface area contributed by atoms with Crippen LogP contribution in [0.1, 0.15) is 91.4 Å². The smallest absolute Gasteiger partial charge is 0.306 e. The average molecular weight is 441 g/mol. The van der Waals surface area contributed by atoms with Gasteiger partial charge in [0.15, 0.2) is 0 Å². The molecule has 178 valence electrons. The number of aliphatic hydroxyl groups excluding tert-OH is 1. The third-order valence-corrected chi connectivity index (χ3v) is 10.0. The van der Waals surface area contributed by atoms with Crippen LogP contribution >= 0.6 is 0 Å². The van der Waals surface area contributed by atoms with Crippen LogP contribution in [0.15, 0.2) is 36.0 Å². The van der Waals surface area contributed by atoms with Gasteiger partial charge in [0.25, 0.3) is 0 Å². The summed E-state index contributed by atoms with van der Waals surface area (Å²) in [6.07, 6.45) is 18.4. The topological polar surface area (TPSA) is 46.5 Å². The highest BCUT2D eigenvalue weighted by molar-refractivity contribution is 5.69. The molecule has 0 aliphatic heterocycles. The molecule has 0 bridgehead atoms. The molecule has 0 heterocycles. The molecule has 4 rings (SSSR count). The first-order valence-electron chi connectivity index (χ1n) is 13.1. The van der Waals surface area contributed by atoms with Crippen molar-refractivity contribution in [2.75, 3.05) is 6.61 Å². The van der Waals surface area contributed by atoms with Crippen molar-refractivity contribution in [2.24, 2.45) is 34.5 Å². The van der Waals surface area contributed by atoms with Gasteiger partial charge in [-0.1, -0.05) is 49.8 Å². The van der Waals surface area contributed by atoms with Crippen LogP contribution in [0, 0.1) is 34.5 Å². The number of allylic oxidation sites excluding steroid dienone is 3. The van der Waals surface area contributed by atoms with Crippen LogP contribution in [-0.4, -0.2) is 23.8 Å². The van der Waals surface area contributed by atoms with Crippen molar-refractivity contribution < 1.29 is 14.6 Å². The van der Waals surface area contributed by atoms with Crippen LogP contribution in [0.25, 0.3) is 0 Å². The standard InChI is InChI=1S/C29H44O3/c1-5-18-32-27(31)9-7-6-8-20(2)24-12-13-25-23-11-10-21-19-22(30)14-16-28(21,3)26(23)15-17-29(24,25)4/h5,8,10,22-26,30H,1,6-7,9,11-19H2,2-4H3/t22-,23?,24+,25?,26?,28-,29+/m0/s1. The van der Waals surface area contributed by atoms with E-state index in [1.165, 1.54) is 38.5 Å². The highest BCUT2D eigenvalue weighted by atomic mass is 16.5. The lowest BCUT2D eigenvalue weighted by Crippen LogP contribution is -2.50. The molecule has 0 aromatic carbocycles. The molecule has 0 radical (unpaired) electrons. The number of carbonyl (C=O) groups excluding carboxylic acids is 1. The lowest BCUT2D eigenvalue weighted by Gasteiger charge is -2.58. The van der Waals surface area contributed by atoms with E-state index in [-0.39, 0.29) is 12.1 Å². The molecule has 4 aliphatic rings. The molecule has 3 nitrogen and oxygen atoms in total. The predicted octanol–water partition coefficient (Wildman–Crippen LogP) is 6.77. The van der Waals surface area contributed by atoms with Crippen LogP contribution in [-0.2, 0) is 9.53 Å². The van der Waals surface area contributed by atoms with Crippen molar-refractivity contribution >= 4 is 5.97 Å². The van der Waals surface area contributed by atoms with E-state index in [2.05, 4.69) is 39.5 Å². The molecule has 3 heteroatoms. The summed E-state index contributed by atoms with van der Waals surface area (Å²) in [6.45, 7) is 11.3. The number of hydrogen-bond acceptors (Lipinski definition) is 3. The first kappa shape index (κ1) is 23.8. The minimum absolute atomic E-state index is 0.115. The minimum Gasteiger partial charge on any atom is -0.461 e. The maximum atomic E-state index is 11.7. The minimum atomic E-state index is -0.118. The van der Waals surface area contributed by atoms with Gasteiger partial charge in [-0.25, -0.2) is 0 Å². The van der Waals surface area contributed by atoms with Crippen molar-refractivity contribution in [3.63, 3.8) is 0 Å². The Morgan fingerprint density at radius 3 is 2.81 bits per heavy atom. The molecule has 3 fully saturated rings. The fourth-order valence-electron chi connectivity index (χ4n) is 8.33. The molecule has 3 unspecified atom stereocenters. The molecule has 0 spiro atoms. The first-order valence-corrected chi connectivity index (χ1v) is 13.1. The molecule has 0 amide bonds. The zero-order valence-corrected chi connectivity index (χ0v) is 20.6. The summed E-state index contributed by atoms with van der Waals surface area (Å²) < 4.78 is 5.09. The normalized spacial score (nSPS) is 41.2. The summed E-state index contributed by atoms with van der Waals surface area (Å²) in [5.74, 6) is 3.01. The second-order valence-electron chi connectivity index (χ2n) is 11.6. The summed E-state index contributed by atoms with van der Waals surface area (Å²) in [7, 11) is 0. The summed E-state index contributed by atoms with van der Waals surface area (Å²) in [5.41, 5.74) is 3.86. The molecular weight excluding hydrogens is 396 g/mol. The highest BCUT2D eigenvalue weighted by Gasteiger charge is 2.58. The number of fused-ring (bicyclic) bond motifs is 5. The van der Waals surface area contributed by atoms with Gasteiger partial charge in [-0.3, -0.25) is 4.79 Å². The number of esters is 1. The van der Waals surface area contributed by atoms with E-state index in [4.69, 9.17) is 4.74 Å². The summed E-state index contributed by atoms with van der Waals surface area (Å²) >= 11 is 0. The molecule has 0 saturated heterocycles. The van der Waals surface area contributed by atoms with E-state index in [0.29, 0.717) is 29.8 Å². The molecule has 7 atom stereocenters. The average Bonchev–Trinajstić information content (AvgIpc) is 3.13. The van der Waals surface area contributed by atoms with Crippen molar-refractivity contribution in [1.82, 2.24) is 0 Å². The van der Waals surface area contributed by atoms with E-state index in [0.717, 1.165) is 43.4 Å². The molecule has 4 aliphatic carbocycles. The fraction of sp³-hybridized carbons (Fsp3) is 0.759. The number of unbranched alkanes of at least 4 members (excludes halogenated alkanes) is 1. The zero-order valence-electron chi connectivity index (χ0n) is 20.6. The van der Waals surface area contributed by atoms with E-state index < -0.39 is 0 Å². The largest absolute Gasteiger partial charge is 0.461 e. The molecule has 1 N–H and O–H groups in total. The van der Waals surface area contributed by atoms with E-state index in [1.807, 2.05) is 0 Å². The van der Waals surface area contributed by atoms with Gasteiger partial charge >= 0.3 is 5.97 Å². The van der Waals surface area contributed by atoms with Gasteiger partial charge in [0.2, 0.25) is 0 Å². The second-order valence-corrected chi connectivity index (χ2v) is 11.6. The van der Waals surface area contributed by atoms with Gasteiger partial charge in [-0.05, 0) is 106 Å². The van der Waals surface area contributed by atoms with Gasteiger partial charge in [0, 0.05) is 6.42 Å². The first-order chi connectivity index (χ1) is 15.3. The van der Waals surface area contributed by atoms with Gasteiger partial charge in [-0.2, -0.15) is 0 Å². The van der Waals surface area contributed by atoms with Crippen molar-refractivity contribution in [1.29, 1.82) is 0 Å². The number of ether oxygens (including phenoxy) is 1. The van der Waals surface area contributed by atoms with Crippen molar-refractivity contribution in [2.45, 2.75) is 97.5 Å². The predicted molar refractivity (Wildman–Crippen MR) is 130 cm³/mol. The van der Waals surface area contributed by atoms with Crippen LogP contribution in [0.3, 0.4) is 0 Å². The lowest BCUT2D eigenvalue weighted by molar-refractivity contribution is -0.142. The van der Waals surface area contributed by atoms with Crippen LogP contribution in [0.4, 0.5) is 0 Å². The van der Waals surface area contributed by atoms with E-state index >= 15 is 0 Å². The van der Waals surface area contributed by atoms with E-state index in [1.54, 1.807) is 17.2 Å². The van der Waals surface area contributed by atoms with Crippen LogP contribution < -0.4 is 0 Å². The van der Waals surface area contributed by atoms with Gasteiger partial charge < -0.3 is 9.84 Å². The third-order valence-electron chi connectivity index (χ3n) is 10.0.